The fourth-order valence-electron chi connectivity index (χ4n) is 3.21. The Morgan fingerprint density at radius 2 is 2.08 bits per heavy atom. The Labute approximate surface area is 146 Å². The molecule has 24 heavy (non-hydrogen) atoms. The van der Waals surface area contributed by atoms with Crippen molar-refractivity contribution in [2.24, 2.45) is 5.92 Å². The topological polar surface area (TPSA) is 66.6 Å². The van der Waals surface area contributed by atoms with Crippen molar-refractivity contribution in [2.75, 3.05) is 13.7 Å². The number of halogens is 1. The average Bonchev–Trinajstić information content (AvgIpc) is 3.10. The second-order valence-corrected chi connectivity index (χ2v) is 6.80. The number of carbonyl (C=O) groups is 1. The zero-order valence-electron chi connectivity index (χ0n) is 13.6. The summed E-state index contributed by atoms with van der Waals surface area (Å²) in [5.74, 6) is 0.435. The highest BCUT2D eigenvalue weighted by atomic mass is 35.5. The van der Waals surface area contributed by atoms with Gasteiger partial charge in [0.1, 0.15) is 5.69 Å². The Kier molecular flexibility index (Phi) is 5.21. The van der Waals surface area contributed by atoms with Crippen LogP contribution in [0.15, 0.2) is 34.9 Å². The molecule has 1 N–H and O–H groups in total. The van der Waals surface area contributed by atoms with Gasteiger partial charge in [-0.05, 0) is 43.7 Å². The van der Waals surface area contributed by atoms with Gasteiger partial charge in [-0.15, -0.1) is 0 Å². The summed E-state index contributed by atoms with van der Waals surface area (Å²) in [7, 11) is 1.80. The molecule has 3 rings (SSSR count). The molecule has 0 atom stereocenters. The quantitative estimate of drug-likeness (QED) is 0.916. The van der Waals surface area contributed by atoms with Gasteiger partial charge in [0.15, 0.2) is 0 Å². The number of aliphatic hydroxyl groups is 1. The molecule has 5 nitrogen and oxygen atoms in total. The fraction of sp³-hybridized carbons (Fsp3) is 0.444. The number of carbonyl (C=O) groups excluding carboxylic acids is 1. The number of benzene rings is 1. The molecule has 2 aromatic rings. The van der Waals surface area contributed by atoms with E-state index in [0.717, 1.165) is 31.2 Å². The summed E-state index contributed by atoms with van der Waals surface area (Å²) in [5.41, 5.74) is 1.41. The van der Waals surface area contributed by atoms with Crippen molar-refractivity contribution < 1.29 is 14.4 Å². The first-order valence-electron chi connectivity index (χ1n) is 8.19. The van der Waals surface area contributed by atoms with Gasteiger partial charge in [0.2, 0.25) is 5.76 Å². The van der Waals surface area contributed by atoms with E-state index in [1.807, 2.05) is 12.1 Å². The van der Waals surface area contributed by atoms with Crippen molar-refractivity contribution in [2.45, 2.75) is 31.7 Å². The van der Waals surface area contributed by atoms with E-state index in [1.54, 1.807) is 30.1 Å². The maximum absolute atomic E-state index is 12.6. The van der Waals surface area contributed by atoms with Crippen LogP contribution in [-0.2, 0) is 0 Å². The molecule has 0 radical (unpaired) electrons. The van der Waals surface area contributed by atoms with E-state index in [0.29, 0.717) is 16.6 Å². The van der Waals surface area contributed by atoms with E-state index in [9.17, 15) is 9.90 Å². The van der Waals surface area contributed by atoms with Crippen molar-refractivity contribution >= 4 is 17.5 Å². The SMILES string of the molecule is CN(C(=O)c1cc(-c2cccc(Cl)c2)no1)C1CCC(CO)CC1. The van der Waals surface area contributed by atoms with Crippen molar-refractivity contribution in [1.29, 1.82) is 0 Å². The molecule has 0 bridgehead atoms. The summed E-state index contributed by atoms with van der Waals surface area (Å²) in [6.45, 7) is 0.232. The molecule has 0 unspecified atom stereocenters. The van der Waals surface area contributed by atoms with Crippen LogP contribution in [-0.4, -0.2) is 40.8 Å². The predicted octanol–water partition coefficient (Wildman–Crippen LogP) is 3.62. The summed E-state index contributed by atoms with van der Waals surface area (Å²) >= 11 is 5.99. The summed E-state index contributed by atoms with van der Waals surface area (Å²) in [6, 6.07) is 9.11. The molecule has 128 valence electrons. The van der Waals surface area contributed by atoms with E-state index in [2.05, 4.69) is 5.16 Å². The zero-order valence-corrected chi connectivity index (χ0v) is 14.4. The monoisotopic (exact) mass is 348 g/mol. The molecule has 1 aromatic carbocycles. The van der Waals surface area contributed by atoms with Gasteiger partial charge in [-0.3, -0.25) is 4.79 Å². The molecular formula is C18H21ClN2O3. The lowest BCUT2D eigenvalue weighted by atomic mass is 9.86. The van der Waals surface area contributed by atoms with Crippen LogP contribution >= 0.6 is 11.6 Å². The van der Waals surface area contributed by atoms with Crippen LogP contribution in [0.5, 0.6) is 0 Å². The molecule has 1 aliphatic carbocycles. The molecule has 1 aliphatic rings. The van der Waals surface area contributed by atoms with Crippen LogP contribution < -0.4 is 0 Å². The first-order valence-corrected chi connectivity index (χ1v) is 8.57. The van der Waals surface area contributed by atoms with Crippen molar-refractivity contribution in [3.63, 3.8) is 0 Å². The lowest BCUT2D eigenvalue weighted by Gasteiger charge is -2.33. The van der Waals surface area contributed by atoms with E-state index < -0.39 is 0 Å². The first kappa shape index (κ1) is 17.0. The highest BCUT2D eigenvalue weighted by Crippen LogP contribution is 2.28. The third kappa shape index (κ3) is 3.62. The average molecular weight is 349 g/mol. The number of rotatable bonds is 4. The molecule has 0 spiro atoms. The minimum atomic E-state index is -0.164. The van der Waals surface area contributed by atoms with E-state index in [-0.39, 0.29) is 24.3 Å². The van der Waals surface area contributed by atoms with Gasteiger partial charge < -0.3 is 14.5 Å². The molecule has 1 saturated carbocycles. The molecule has 1 amide bonds. The molecule has 6 heteroatoms. The van der Waals surface area contributed by atoms with Gasteiger partial charge in [-0.2, -0.15) is 0 Å². The molecule has 0 saturated heterocycles. The maximum atomic E-state index is 12.6. The van der Waals surface area contributed by atoms with E-state index in [1.165, 1.54) is 0 Å². The standard InChI is InChI=1S/C18H21ClN2O3/c1-21(15-7-5-12(11-22)6-8-15)18(23)17-10-16(20-24-17)13-3-2-4-14(19)9-13/h2-4,9-10,12,15,22H,5-8,11H2,1H3. The zero-order chi connectivity index (χ0) is 17.1. The second-order valence-electron chi connectivity index (χ2n) is 6.36. The summed E-state index contributed by atoms with van der Waals surface area (Å²) in [6.07, 6.45) is 3.71. The third-order valence-electron chi connectivity index (χ3n) is 4.78. The number of aromatic nitrogens is 1. The van der Waals surface area contributed by atoms with Gasteiger partial charge in [0, 0.05) is 36.3 Å². The lowest BCUT2D eigenvalue weighted by molar-refractivity contribution is 0.0613. The number of amides is 1. The third-order valence-corrected chi connectivity index (χ3v) is 5.02. The molecular weight excluding hydrogens is 328 g/mol. The Morgan fingerprint density at radius 3 is 2.75 bits per heavy atom. The van der Waals surface area contributed by atoms with Crippen LogP contribution in [0, 0.1) is 5.92 Å². The largest absolute Gasteiger partial charge is 0.396 e. The van der Waals surface area contributed by atoms with Crippen LogP contribution in [0.25, 0.3) is 11.3 Å². The first-order chi connectivity index (χ1) is 11.6. The normalized spacial score (nSPS) is 20.8. The highest BCUT2D eigenvalue weighted by molar-refractivity contribution is 6.30. The minimum absolute atomic E-state index is 0.164. The summed E-state index contributed by atoms with van der Waals surface area (Å²) in [5, 5.41) is 13.8. The Balaban J connectivity index is 1.69. The van der Waals surface area contributed by atoms with E-state index in [4.69, 9.17) is 16.1 Å². The van der Waals surface area contributed by atoms with Gasteiger partial charge in [0.25, 0.3) is 5.91 Å². The number of aliphatic hydroxyl groups excluding tert-OH is 1. The van der Waals surface area contributed by atoms with Crippen LogP contribution in [0.1, 0.15) is 36.2 Å². The molecule has 0 aliphatic heterocycles. The minimum Gasteiger partial charge on any atom is -0.396 e. The second kappa shape index (κ2) is 7.36. The van der Waals surface area contributed by atoms with Gasteiger partial charge in [0.05, 0.1) is 0 Å². The van der Waals surface area contributed by atoms with Crippen molar-refractivity contribution in [1.82, 2.24) is 10.1 Å². The Morgan fingerprint density at radius 1 is 1.33 bits per heavy atom. The molecule has 1 fully saturated rings. The van der Waals surface area contributed by atoms with Gasteiger partial charge in [-0.25, -0.2) is 0 Å². The van der Waals surface area contributed by atoms with Crippen molar-refractivity contribution in [3.8, 4) is 11.3 Å². The Hall–Kier alpha value is -1.85. The van der Waals surface area contributed by atoms with Gasteiger partial charge >= 0.3 is 0 Å². The lowest BCUT2D eigenvalue weighted by Crippen LogP contribution is -2.39. The number of hydrogen-bond donors (Lipinski definition) is 1. The molecule has 1 aromatic heterocycles. The molecule has 1 heterocycles. The van der Waals surface area contributed by atoms with Gasteiger partial charge in [-0.1, -0.05) is 28.9 Å². The summed E-state index contributed by atoms with van der Waals surface area (Å²) in [4.78, 5) is 14.4. The van der Waals surface area contributed by atoms with E-state index >= 15 is 0 Å². The van der Waals surface area contributed by atoms with Crippen LogP contribution in [0.2, 0.25) is 5.02 Å². The van der Waals surface area contributed by atoms with Crippen LogP contribution in [0.3, 0.4) is 0 Å². The smallest absolute Gasteiger partial charge is 0.292 e. The maximum Gasteiger partial charge on any atom is 0.292 e. The Bertz CT molecular complexity index is 708. The summed E-state index contributed by atoms with van der Waals surface area (Å²) < 4.78 is 5.25. The number of nitrogens with zero attached hydrogens (tertiary/aromatic N) is 2. The predicted molar refractivity (Wildman–Crippen MR) is 91.9 cm³/mol. The fourth-order valence-corrected chi connectivity index (χ4v) is 3.40. The van der Waals surface area contributed by atoms with Crippen LogP contribution in [0.4, 0.5) is 0 Å². The van der Waals surface area contributed by atoms with Crippen molar-refractivity contribution in [3.05, 3.63) is 41.1 Å². The highest BCUT2D eigenvalue weighted by Gasteiger charge is 2.28. The number of hydrogen-bond acceptors (Lipinski definition) is 4.